The number of rotatable bonds is 7. The highest BCUT2D eigenvalue weighted by atomic mass is 28.4. The van der Waals surface area contributed by atoms with Gasteiger partial charge in [-0.1, -0.05) is 19.8 Å². The molecular formula is C10H26O2Si2. The zero-order chi connectivity index (χ0) is 11.2. The van der Waals surface area contributed by atoms with Gasteiger partial charge in [0.15, 0.2) is 8.32 Å². The molecule has 0 saturated carbocycles. The Kier molecular flexibility index (Phi) is 6.20. The van der Waals surface area contributed by atoms with Crippen molar-refractivity contribution in [1.29, 1.82) is 0 Å². The Hall–Kier alpha value is 0.354. The van der Waals surface area contributed by atoms with Gasteiger partial charge in [0.05, 0.1) is 0 Å². The lowest BCUT2D eigenvalue weighted by Gasteiger charge is -2.30. The van der Waals surface area contributed by atoms with Crippen LogP contribution in [0, 0.1) is 0 Å². The van der Waals surface area contributed by atoms with Crippen LogP contribution in [-0.2, 0) is 8.54 Å². The highest BCUT2D eigenvalue weighted by Gasteiger charge is 2.31. The summed E-state index contributed by atoms with van der Waals surface area (Å²) >= 11 is 0. The monoisotopic (exact) mass is 234 g/mol. The van der Waals surface area contributed by atoms with Crippen molar-refractivity contribution in [3.63, 3.8) is 0 Å². The zero-order valence-electron chi connectivity index (χ0n) is 10.6. The lowest BCUT2D eigenvalue weighted by Crippen LogP contribution is -2.44. The molecule has 0 aromatic heterocycles. The molecule has 0 aromatic rings. The molecule has 0 unspecified atom stereocenters. The maximum absolute atomic E-state index is 6.06. The van der Waals surface area contributed by atoms with Gasteiger partial charge in [-0.05, 0) is 39.2 Å². The third kappa shape index (κ3) is 8.93. The summed E-state index contributed by atoms with van der Waals surface area (Å²) in [5.41, 5.74) is 0. The van der Waals surface area contributed by atoms with Crippen LogP contribution < -0.4 is 0 Å². The van der Waals surface area contributed by atoms with Crippen LogP contribution in [0.1, 0.15) is 26.2 Å². The minimum atomic E-state index is -1.83. The molecule has 0 aromatic carbocycles. The van der Waals surface area contributed by atoms with Crippen molar-refractivity contribution in [2.75, 3.05) is 6.61 Å². The highest BCUT2D eigenvalue weighted by Crippen LogP contribution is 2.15. The number of hydrogen-bond donors (Lipinski definition) is 0. The molecule has 0 N–H and O–H groups in total. The Morgan fingerprint density at radius 2 is 1.50 bits per heavy atom. The van der Waals surface area contributed by atoms with E-state index in [-0.39, 0.29) is 0 Å². The van der Waals surface area contributed by atoms with Gasteiger partial charge in [-0.3, -0.25) is 0 Å². The van der Waals surface area contributed by atoms with Crippen molar-refractivity contribution in [2.45, 2.75) is 58.9 Å². The van der Waals surface area contributed by atoms with Crippen molar-refractivity contribution in [3.8, 4) is 0 Å². The van der Waals surface area contributed by atoms with Crippen LogP contribution in [0.2, 0.25) is 32.7 Å². The topological polar surface area (TPSA) is 18.5 Å². The predicted octanol–water partition coefficient (Wildman–Crippen LogP) is 3.75. The SMILES string of the molecule is CCCCCO[Si](C)(C)O[Si](C)(C)C. The summed E-state index contributed by atoms with van der Waals surface area (Å²) in [6, 6.07) is 0. The van der Waals surface area contributed by atoms with Crippen LogP contribution in [0.4, 0.5) is 0 Å². The lowest BCUT2D eigenvalue weighted by molar-refractivity contribution is 0.240. The smallest absolute Gasteiger partial charge is 0.321 e. The Labute approximate surface area is 91.4 Å². The van der Waals surface area contributed by atoms with Gasteiger partial charge in [-0.25, -0.2) is 0 Å². The molecule has 0 heterocycles. The number of hydrogen-bond acceptors (Lipinski definition) is 2. The largest absolute Gasteiger partial charge is 0.436 e. The fourth-order valence-corrected chi connectivity index (χ4v) is 8.21. The molecule has 2 nitrogen and oxygen atoms in total. The summed E-state index contributed by atoms with van der Waals surface area (Å²) in [6.45, 7) is 14.0. The first-order valence-electron chi connectivity index (χ1n) is 5.61. The summed E-state index contributed by atoms with van der Waals surface area (Å²) in [5, 5.41) is 0. The van der Waals surface area contributed by atoms with Crippen molar-refractivity contribution in [2.24, 2.45) is 0 Å². The molecule has 0 aliphatic rings. The number of unbranched alkanes of at least 4 members (excludes halogenated alkanes) is 2. The summed E-state index contributed by atoms with van der Waals surface area (Å²) in [6.07, 6.45) is 3.68. The van der Waals surface area contributed by atoms with E-state index in [1.165, 1.54) is 19.3 Å². The fourth-order valence-electron chi connectivity index (χ4n) is 1.44. The first-order valence-corrected chi connectivity index (χ1v) is 11.8. The molecule has 0 atom stereocenters. The second kappa shape index (κ2) is 6.05. The van der Waals surface area contributed by atoms with Crippen molar-refractivity contribution >= 4 is 16.9 Å². The van der Waals surface area contributed by atoms with E-state index in [4.69, 9.17) is 8.54 Å². The molecular weight excluding hydrogens is 208 g/mol. The molecule has 0 amide bonds. The fraction of sp³-hybridized carbons (Fsp3) is 1.00. The summed E-state index contributed by atoms with van der Waals surface area (Å²) in [5.74, 6) is 0. The molecule has 0 radical (unpaired) electrons. The van der Waals surface area contributed by atoms with Gasteiger partial charge in [0.25, 0.3) is 0 Å². The second-order valence-electron chi connectivity index (χ2n) is 5.17. The van der Waals surface area contributed by atoms with Crippen LogP contribution in [0.5, 0.6) is 0 Å². The third-order valence-electron chi connectivity index (χ3n) is 1.75. The first kappa shape index (κ1) is 14.4. The van der Waals surface area contributed by atoms with Gasteiger partial charge in [0.1, 0.15) is 0 Å². The third-order valence-corrected chi connectivity index (χ3v) is 7.06. The molecule has 0 rings (SSSR count). The highest BCUT2D eigenvalue weighted by molar-refractivity contribution is 6.81. The Morgan fingerprint density at radius 3 is 1.93 bits per heavy atom. The summed E-state index contributed by atoms with van der Waals surface area (Å²) in [4.78, 5) is 0. The standard InChI is InChI=1S/C10H26O2Si2/c1-7-8-9-10-11-14(5,6)12-13(2,3)4/h7-10H2,1-6H3. The van der Waals surface area contributed by atoms with Crippen LogP contribution >= 0.6 is 0 Å². The Balaban J connectivity index is 3.72. The van der Waals surface area contributed by atoms with Crippen LogP contribution in [0.25, 0.3) is 0 Å². The van der Waals surface area contributed by atoms with E-state index in [2.05, 4.69) is 39.7 Å². The van der Waals surface area contributed by atoms with E-state index in [9.17, 15) is 0 Å². The van der Waals surface area contributed by atoms with Crippen LogP contribution in [0.15, 0.2) is 0 Å². The van der Waals surface area contributed by atoms with E-state index in [0.29, 0.717) is 0 Å². The molecule has 4 heteroatoms. The predicted molar refractivity (Wildman–Crippen MR) is 67.4 cm³/mol. The summed E-state index contributed by atoms with van der Waals surface area (Å²) in [7, 11) is -3.25. The van der Waals surface area contributed by atoms with Gasteiger partial charge >= 0.3 is 8.56 Å². The summed E-state index contributed by atoms with van der Waals surface area (Å²) < 4.78 is 11.9. The lowest BCUT2D eigenvalue weighted by atomic mass is 10.3. The van der Waals surface area contributed by atoms with Gasteiger partial charge in [0, 0.05) is 6.61 Å². The molecule has 86 valence electrons. The average molecular weight is 234 g/mol. The minimum Gasteiger partial charge on any atom is -0.436 e. The quantitative estimate of drug-likeness (QED) is 0.493. The van der Waals surface area contributed by atoms with Gasteiger partial charge in [-0.15, -0.1) is 0 Å². The Bertz CT molecular complexity index is 153. The van der Waals surface area contributed by atoms with Crippen molar-refractivity contribution in [1.82, 2.24) is 0 Å². The van der Waals surface area contributed by atoms with E-state index in [1.54, 1.807) is 0 Å². The van der Waals surface area contributed by atoms with E-state index < -0.39 is 16.9 Å². The molecule has 14 heavy (non-hydrogen) atoms. The van der Waals surface area contributed by atoms with Gasteiger partial charge < -0.3 is 8.54 Å². The first-order chi connectivity index (χ1) is 6.27. The average Bonchev–Trinajstić information content (AvgIpc) is 1.93. The van der Waals surface area contributed by atoms with Gasteiger partial charge in [0.2, 0.25) is 0 Å². The van der Waals surface area contributed by atoms with Crippen LogP contribution in [-0.4, -0.2) is 23.5 Å². The molecule has 0 bridgehead atoms. The van der Waals surface area contributed by atoms with E-state index >= 15 is 0 Å². The molecule has 0 spiro atoms. The molecule has 0 saturated heterocycles. The zero-order valence-corrected chi connectivity index (χ0v) is 12.6. The second-order valence-corrected chi connectivity index (χ2v) is 13.3. The van der Waals surface area contributed by atoms with Crippen molar-refractivity contribution in [3.05, 3.63) is 0 Å². The Morgan fingerprint density at radius 1 is 0.929 bits per heavy atom. The van der Waals surface area contributed by atoms with E-state index in [0.717, 1.165) is 6.61 Å². The maximum atomic E-state index is 6.06. The minimum absolute atomic E-state index is 0.873. The van der Waals surface area contributed by atoms with Crippen LogP contribution in [0.3, 0.4) is 0 Å². The molecule has 0 aliphatic carbocycles. The van der Waals surface area contributed by atoms with Crippen molar-refractivity contribution < 1.29 is 8.54 Å². The van der Waals surface area contributed by atoms with E-state index in [1.807, 2.05) is 0 Å². The maximum Gasteiger partial charge on any atom is 0.321 e. The van der Waals surface area contributed by atoms with Gasteiger partial charge in [-0.2, -0.15) is 0 Å². The normalized spacial score (nSPS) is 13.3. The molecule has 0 aliphatic heterocycles. The molecule has 0 fully saturated rings.